The third-order valence-electron chi connectivity index (χ3n) is 2.57. The number of hydrogen-bond acceptors (Lipinski definition) is 2. The molecule has 88 valence electrons. The van der Waals surface area contributed by atoms with E-state index in [0.29, 0.717) is 24.0 Å². The predicted octanol–water partition coefficient (Wildman–Crippen LogP) is 2.84. The lowest BCUT2D eigenvalue weighted by Gasteiger charge is -2.10. The zero-order valence-corrected chi connectivity index (χ0v) is 10.6. The highest BCUT2D eigenvalue weighted by atomic mass is 35.5. The van der Waals surface area contributed by atoms with Gasteiger partial charge in [-0.2, -0.15) is 0 Å². The largest absolute Gasteiger partial charge is 0.307 e. The number of halogens is 1. The molecule has 0 saturated carbocycles. The monoisotopic (exact) mass is 239 g/mol. The van der Waals surface area contributed by atoms with Crippen molar-refractivity contribution in [3.63, 3.8) is 0 Å². The van der Waals surface area contributed by atoms with Gasteiger partial charge in [0.25, 0.3) is 0 Å². The molecule has 1 atom stereocenters. The molecule has 0 aliphatic carbocycles. The SMILES string of the molecule is CCC(C)NCC(=O)Cc1ccc(Cl)cc1. The molecule has 2 nitrogen and oxygen atoms in total. The van der Waals surface area contributed by atoms with Gasteiger partial charge in [-0.1, -0.05) is 30.7 Å². The Hall–Kier alpha value is -0.860. The summed E-state index contributed by atoms with van der Waals surface area (Å²) in [6.45, 7) is 4.62. The minimum Gasteiger partial charge on any atom is -0.307 e. The number of ketones is 1. The number of carbonyl (C=O) groups excluding carboxylic acids is 1. The van der Waals surface area contributed by atoms with Gasteiger partial charge in [0.05, 0.1) is 6.54 Å². The first-order valence-corrected chi connectivity index (χ1v) is 5.99. The van der Waals surface area contributed by atoms with Crippen molar-refractivity contribution < 1.29 is 4.79 Å². The average Bonchev–Trinajstić information content (AvgIpc) is 2.29. The fraction of sp³-hybridized carbons (Fsp3) is 0.462. The first kappa shape index (κ1) is 13.2. The number of nitrogens with one attached hydrogen (secondary N) is 1. The van der Waals surface area contributed by atoms with Crippen LogP contribution in [-0.2, 0) is 11.2 Å². The fourth-order valence-electron chi connectivity index (χ4n) is 1.32. The Morgan fingerprint density at radius 2 is 2.00 bits per heavy atom. The molecule has 0 heterocycles. The number of Topliss-reactive ketones (excluding diaryl/α,β-unsaturated/α-hetero) is 1. The van der Waals surface area contributed by atoms with Crippen LogP contribution in [0.15, 0.2) is 24.3 Å². The smallest absolute Gasteiger partial charge is 0.150 e. The van der Waals surface area contributed by atoms with Crippen LogP contribution in [0.25, 0.3) is 0 Å². The van der Waals surface area contributed by atoms with Gasteiger partial charge >= 0.3 is 0 Å². The third kappa shape index (κ3) is 4.77. The minimum atomic E-state index is 0.211. The summed E-state index contributed by atoms with van der Waals surface area (Å²) in [5, 5.41) is 3.89. The maximum atomic E-state index is 11.6. The zero-order valence-electron chi connectivity index (χ0n) is 9.79. The van der Waals surface area contributed by atoms with Crippen LogP contribution in [0.1, 0.15) is 25.8 Å². The van der Waals surface area contributed by atoms with Gasteiger partial charge in [0.1, 0.15) is 0 Å². The minimum absolute atomic E-state index is 0.211. The van der Waals surface area contributed by atoms with Crippen molar-refractivity contribution in [1.82, 2.24) is 5.32 Å². The van der Waals surface area contributed by atoms with Crippen LogP contribution in [-0.4, -0.2) is 18.4 Å². The molecule has 0 aromatic heterocycles. The molecule has 0 aliphatic heterocycles. The topological polar surface area (TPSA) is 29.1 Å². The van der Waals surface area contributed by atoms with Crippen molar-refractivity contribution in [2.75, 3.05) is 6.54 Å². The van der Waals surface area contributed by atoms with E-state index in [-0.39, 0.29) is 5.78 Å². The molecule has 0 spiro atoms. The van der Waals surface area contributed by atoms with Crippen LogP contribution in [0.5, 0.6) is 0 Å². The second-order valence-electron chi connectivity index (χ2n) is 4.03. The summed E-state index contributed by atoms with van der Waals surface area (Å²) in [5.74, 6) is 0.211. The lowest BCUT2D eigenvalue weighted by Crippen LogP contribution is -2.31. The van der Waals surface area contributed by atoms with Crippen LogP contribution in [0, 0.1) is 0 Å². The van der Waals surface area contributed by atoms with E-state index in [9.17, 15) is 4.79 Å². The molecule has 1 unspecified atom stereocenters. The Kier molecular flexibility index (Phi) is 5.50. The molecule has 0 saturated heterocycles. The van der Waals surface area contributed by atoms with Gasteiger partial charge in [-0.25, -0.2) is 0 Å². The fourth-order valence-corrected chi connectivity index (χ4v) is 1.45. The van der Waals surface area contributed by atoms with Gasteiger partial charge in [0, 0.05) is 17.5 Å². The molecule has 1 N–H and O–H groups in total. The lowest BCUT2D eigenvalue weighted by atomic mass is 10.1. The highest BCUT2D eigenvalue weighted by Gasteiger charge is 2.05. The molecule has 16 heavy (non-hydrogen) atoms. The van der Waals surface area contributed by atoms with E-state index >= 15 is 0 Å². The Morgan fingerprint density at radius 3 is 2.56 bits per heavy atom. The molecule has 1 aromatic rings. The predicted molar refractivity (Wildman–Crippen MR) is 67.9 cm³/mol. The first-order valence-electron chi connectivity index (χ1n) is 5.61. The van der Waals surface area contributed by atoms with Gasteiger partial charge in [-0.15, -0.1) is 0 Å². The molecular weight excluding hydrogens is 222 g/mol. The summed E-state index contributed by atoms with van der Waals surface area (Å²) in [7, 11) is 0. The van der Waals surface area contributed by atoms with Crippen molar-refractivity contribution in [2.45, 2.75) is 32.7 Å². The van der Waals surface area contributed by atoms with E-state index in [1.165, 1.54) is 0 Å². The van der Waals surface area contributed by atoms with E-state index in [1.807, 2.05) is 24.3 Å². The molecular formula is C13H18ClNO. The summed E-state index contributed by atoms with van der Waals surface area (Å²) < 4.78 is 0. The van der Waals surface area contributed by atoms with E-state index in [1.54, 1.807) is 0 Å². The second kappa shape index (κ2) is 6.66. The zero-order chi connectivity index (χ0) is 12.0. The second-order valence-corrected chi connectivity index (χ2v) is 4.47. The van der Waals surface area contributed by atoms with E-state index in [0.717, 1.165) is 12.0 Å². The Balaban J connectivity index is 2.37. The Morgan fingerprint density at radius 1 is 1.38 bits per heavy atom. The molecule has 0 aliphatic rings. The molecule has 0 radical (unpaired) electrons. The van der Waals surface area contributed by atoms with E-state index in [4.69, 9.17) is 11.6 Å². The molecule has 1 aromatic carbocycles. The highest BCUT2D eigenvalue weighted by molar-refractivity contribution is 6.30. The van der Waals surface area contributed by atoms with Crippen molar-refractivity contribution >= 4 is 17.4 Å². The van der Waals surface area contributed by atoms with Crippen LogP contribution in [0.4, 0.5) is 0 Å². The number of benzene rings is 1. The Labute approximate surface area is 102 Å². The van der Waals surface area contributed by atoms with Crippen molar-refractivity contribution in [2.24, 2.45) is 0 Å². The number of hydrogen-bond donors (Lipinski definition) is 1. The van der Waals surface area contributed by atoms with Gasteiger partial charge in [0.15, 0.2) is 5.78 Å². The number of carbonyl (C=O) groups is 1. The van der Waals surface area contributed by atoms with Crippen LogP contribution in [0.2, 0.25) is 5.02 Å². The summed E-state index contributed by atoms with van der Waals surface area (Å²) in [5.41, 5.74) is 1.01. The van der Waals surface area contributed by atoms with Crippen LogP contribution < -0.4 is 5.32 Å². The summed E-state index contributed by atoms with van der Waals surface area (Å²) >= 11 is 5.77. The normalized spacial score (nSPS) is 12.4. The molecule has 0 bridgehead atoms. The molecule has 3 heteroatoms. The van der Waals surface area contributed by atoms with Gasteiger partial charge in [0.2, 0.25) is 0 Å². The Bertz CT molecular complexity index is 334. The highest BCUT2D eigenvalue weighted by Crippen LogP contribution is 2.09. The molecule has 0 amide bonds. The van der Waals surface area contributed by atoms with Crippen molar-refractivity contribution in [3.8, 4) is 0 Å². The number of rotatable bonds is 6. The van der Waals surface area contributed by atoms with Gasteiger partial charge < -0.3 is 5.32 Å². The average molecular weight is 240 g/mol. The summed E-state index contributed by atoms with van der Waals surface area (Å²) in [6.07, 6.45) is 1.51. The van der Waals surface area contributed by atoms with E-state index < -0.39 is 0 Å². The standard InChI is InChI=1S/C13H18ClNO/c1-3-10(2)15-9-13(16)8-11-4-6-12(14)7-5-11/h4-7,10,15H,3,8-9H2,1-2H3. The molecule has 1 rings (SSSR count). The van der Waals surface area contributed by atoms with Crippen LogP contribution >= 0.6 is 11.6 Å². The first-order chi connectivity index (χ1) is 7.61. The quantitative estimate of drug-likeness (QED) is 0.827. The van der Waals surface area contributed by atoms with Gasteiger partial charge in [-0.05, 0) is 31.0 Å². The molecule has 0 fully saturated rings. The summed E-state index contributed by atoms with van der Waals surface area (Å²) in [6, 6.07) is 7.81. The van der Waals surface area contributed by atoms with E-state index in [2.05, 4.69) is 19.2 Å². The lowest BCUT2D eigenvalue weighted by molar-refractivity contribution is -0.117. The van der Waals surface area contributed by atoms with Gasteiger partial charge in [-0.3, -0.25) is 4.79 Å². The third-order valence-corrected chi connectivity index (χ3v) is 2.83. The van der Waals surface area contributed by atoms with Crippen molar-refractivity contribution in [1.29, 1.82) is 0 Å². The maximum Gasteiger partial charge on any atom is 0.150 e. The van der Waals surface area contributed by atoms with Crippen molar-refractivity contribution in [3.05, 3.63) is 34.9 Å². The van der Waals surface area contributed by atoms with Crippen LogP contribution in [0.3, 0.4) is 0 Å². The summed E-state index contributed by atoms with van der Waals surface area (Å²) in [4.78, 5) is 11.6. The maximum absolute atomic E-state index is 11.6.